The van der Waals surface area contributed by atoms with Crippen LogP contribution in [0.2, 0.25) is 0 Å². The molecule has 1 saturated carbocycles. The van der Waals surface area contributed by atoms with Crippen molar-refractivity contribution in [2.24, 2.45) is 11.3 Å². The SMILES string of the molecule is CC(C)(C)CNC1CCCC1C1COCCN1. The third kappa shape index (κ3) is 3.94. The van der Waals surface area contributed by atoms with Gasteiger partial charge in [-0.05, 0) is 24.2 Å². The van der Waals surface area contributed by atoms with Gasteiger partial charge in [0.15, 0.2) is 0 Å². The van der Waals surface area contributed by atoms with Gasteiger partial charge >= 0.3 is 0 Å². The van der Waals surface area contributed by atoms with Crippen LogP contribution in [-0.4, -0.2) is 38.4 Å². The minimum atomic E-state index is 0.379. The van der Waals surface area contributed by atoms with Gasteiger partial charge in [0, 0.05) is 25.2 Å². The molecule has 100 valence electrons. The average molecular weight is 240 g/mol. The molecule has 2 fully saturated rings. The third-order valence-corrected chi connectivity index (χ3v) is 3.93. The first-order valence-electron chi connectivity index (χ1n) is 7.11. The zero-order valence-electron chi connectivity index (χ0n) is 11.6. The Kier molecular flexibility index (Phi) is 4.45. The highest BCUT2D eigenvalue weighted by Crippen LogP contribution is 2.30. The van der Waals surface area contributed by atoms with Crippen molar-refractivity contribution in [3.8, 4) is 0 Å². The van der Waals surface area contributed by atoms with E-state index in [1.54, 1.807) is 0 Å². The maximum Gasteiger partial charge on any atom is 0.0623 e. The van der Waals surface area contributed by atoms with Crippen LogP contribution in [-0.2, 0) is 4.74 Å². The Labute approximate surface area is 106 Å². The summed E-state index contributed by atoms with van der Waals surface area (Å²) in [7, 11) is 0. The van der Waals surface area contributed by atoms with Crippen molar-refractivity contribution in [2.45, 2.75) is 52.1 Å². The van der Waals surface area contributed by atoms with Gasteiger partial charge in [-0.25, -0.2) is 0 Å². The molecule has 0 spiro atoms. The van der Waals surface area contributed by atoms with Crippen LogP contribution in [0.1, 0.15) is 40.0 Å². The highest BCUT2D eigenvalue weighted by Gasteiger charge is 2.34. The van der Waals surface area contributed by atoms with Crippen molar-refractivity contribution in [1.82, 2.24) is 10.6 Å². The van der Waals surface area contributed by atoms with Crippen molar-refractivity contribution < 1.29 is 4.74 Å². The predicted octanol–water partition coefficient (Wildman–Crippen LogP) is 1.78. The van der Waals surface area contributed by atoms with E-state index in [1.165, 1.54) is 19.3 Å². The quantitative estimate of drug-likeness (QED) is 0.789. The monoisotopic (exact) mass is 240 g/mol. The smallest absolute Gasteiger partial charge is 0.0623 e. The summed E-state index contributed by atoms with van der Waals surface area (Å²) in [5, 5.41) is 7.40. The number of rotatable bonds is 3. The predicted molar refractivity (Wildman–Crippen MR) is 71.2 cm³/mol. The molecular weight excluding hydrogens is 212 g/mol. The molecule has 3 unspecified atom stereocenters. The Bertz CT molecular complexity index is 231. The first-order chi connectivity index (χ1) is 8.06. The Morgan fingerprint density at radius 3 is 2.76 bits per heavy atom. The van der Waals surface area contributed by atoms with Crippen LogP contribution < -0.4 is 10.6 Å². The lowest BCUT2D eigenvalue weighted by molar-refractivity contribution is 0.0519. The molecular formula is C14H28N2O. The fourth-order valence-electron chi connectivity index (χ4n) is 3.02. The Hall–Kier alpha value is -0.120. The van der Waals surface area contributed by atoms with Crippen molar-refractivity contribution in [3.63, 3.8) is 0 Å². The van der Waals surface area contributed by atoms with Crippen molar-refractivity contribution in [3.05, 3.63) is 0 Å². The van der Waals surface area contributed by atoms with E-state index in [0.717, 1.165) is 32.2 Å². The highest BCUT2D eigenvalue weighted by molar-refractivity contribution is 4.92. The molecule has 1 aliphatic carbocycles. The van der Waals surface area contributed by atoms with Gasteiger partial charge in [-0.1, -0.05) is 27.2 Å². The fraction of sp³-hybridized carbons (Fsp3) is 1.00. The minimum Gasteiger partial charge on any atom is -0.379 e. The topological polar surface area (TPSA) is 33.3 Å². The maximum absolute atomic E-state index is 5.60. The molecule has 0 amide bonds. The number of ether oxygens (including phenoxy) is 1. The molecule has 0 aromatic rings. The third-order valence-electron chi connectivity index (χ3n) is 3.93. The molecule has 2 rings (SSSR count). The molecule has 1 saturated heterocycles. The second-order valence-electron chi connectivity index (χ2n) is 6.78. The molecule has 0 aromatic carbocycles. The van der Waals surface area contributed by atoms with Crippen molar-refractivity contribution in [1.29, 1.82) is 0 Å². The largest absolute Gasteiger partial charge is 0.379 e. The standard InChI is InChI=1S/C14H28N2O/c1-14(2,3)10-16-12-6-4-5-11(12)13-9-17-8-7-15-13/h11-13,15-16H,4-10H2,1-3H3. The zero-order valence-corrected chi connectivity index (χ0v) is 11.6. The molecule has 2 aliphatic rings. The van der Waals surface area contributed by atoms with E-state index in [0.29, 0.717) is 17.5 Å². The van der Waals surface area contributed by atoms with Gasteiger partial charge in [0.05, 0.1) is 13.2 Å². The second kappa shape index (κ2) is 5.68. The molecule has 1 aliphatic heterocycles. The van der Waals surface area contributed by atoms with E-state index >= 15 is 0 Å². The van der Waals surface area contributed by atoms with Gasteiger partial charge in [0.25, 0.3) is 0 Å². The van der Waals surface area contributed by atoms with Crippen LogP contribution in [0, 0.1) is 11.3 Å². The number of hydrogen-bond donors (Lipinski definition) is 2. The van der Waals surface area contributed by atoms with Gasteiger partial charge in [0.2, 0.25) is 0 Å². The molecule has 1 heterocycles. The second-order valence-corrected chi connectivity index (χ2v) is 6.78. The number of hydrogen-bond acceptors (Lipinski definition) is 3. The number of morpholine rings is 1. The summed E-state index contributed by atoms with van der Waals surface area (Å²) < 4.78 is 5.60. The van der Waals surface area contributed by atoms with E-state index in [1.807, 2.05) is 0 Å². The lowest BCUT2D eigenvalue weighted by atomic mass is 9.91. The summed E-state index contributed by atoms with van der Waals surface area (Å²) in [4.78, 5) is 0. The summed E-state index contributed by atoms with van der Waals surface area (Å²) in [6.07, 6.45) is 4.05. The van der Waals surface area contributed by atoms with Crippen molar-refractivity contribution in [2.75, 3.05) is 26.3 Å². The Morgan fingerprint density at radius 1 is 1.29 bits per heavy atom. The van der Waals surface area contributed by atoms with Gasteiger partial charge in [0.1, 0.15) is 0 Å². The normalized spacial score (nSPS) is 35.1. The summed E-state index contributed by atoms with van der Waals surface area (Å²) in [6, 6.07) is 1.26. The van der Waals surface area contributed by atoms with Gasteiger partial charge in [-0.15, -0.1) is 0 Å². The first-order valence-corrected chi connectivity index (χ1v) is 7.11. The lowest BCUT2D eigenvalue weighted by Gasteiger charge is -2.34. The van der Waals surface area contributed by atoms with Gasteiger partial charge in [-0.2, -0.15) is 0 Å². The minimum absolute atomic E-state index is 0.379. The summed E-state index contributed by atoms with van der Waals surface area (Å²) in [6.45, 7) is 10.8. The average Bonchev–Trinajstić information content (AvgIpc) is 2.75. The van der Waals surface area contributed by atoms with E-state index in [-0.39, 0.29) is 0 Å². The number of nitrogens with one attached hydrogen (secondary N) is 2. The molecule has 2 N–H and O–H groups in total. The Balaban J connectivity index is 1.83. The highest BCUT2D eigenvalue weighted by atomic mass is 16.5. The zero-order chi connectivity index (χ0) is 12.3. The molecule has 0 bridgehead atoms. The van der Waals surface area contributed by atoms with Crippen LogP contribution in [0.25, 0.3) is 0 Å². The summed E-state index contributed by atoms with van der Waals surface area (Å²) in [5.41, 5.74) is 0.379. The van der Waals surface area contributed by atoms with Gasteiger partial charge < -0.3 is 15.4 Å². The molecule has 0 aromatic heterocycles. The summed E-state index contributed by atoms with van der Waals surface area (Å²) >= 11 is 0. The molecule has 3 heteroatoms. The molecule has 0 radical (unpaired) electrons. The molecule has 3 atom stereocenters. The van der Waals surface area contributed by atoms with E-state index in [9.17, 15) is 0 Å². The lowest BCUT2D eigenvalue weighted by Crippen LogP contribution is -2.51. The van der Waals surface area contributed by atoms with Crippen LogP contribution in [0.4, 0.5) is 0 Å². The van der Waals surface area contributed by atoms with Crippen LogP contribution >= 0.6 is 0 Å². The maximum atomic E-state index is 5.60. The van der Waals surface area contributed by atoms with Gasteiger partial charge in [-0.3, -0.25) is 0 Å². The van der Waals surface area contributed by atoms with Crippen LogP contribution in [0.5, 0.6) is 0 Å². The molecule has 3 nitrogen and oxygen atoms in total. The summed E-state index contributed by atoms with van der Waals surface area (Å²) in [5.74, 6) is 0.762. The van der Waals surface area contributed by atoms with E-state index in [4.69, 9.17) is 4.74 Å². The van der Waals surface area contributed by atoms with Crippen LogP contribution in [0.3, 0.4) is 0 Å². The van der Waals surface area contributed by atoms with Crippen molar-refractivity contribution >= 4 is 0 Å². The molecule has 17 heavy (non-hydrogen) atoms. The van der Waals surface area contributed by atoms with Crippen LogP contribution in [0.15, 0.2) is 0 Å². The van der Waals surface area contributed by atoms with E-state index < -0.39 is 0 Å². The van der Waals surface area contributed by atoms with E-state index in [2.05, 4.69) is 31.4 Å². The first kappa shape index (κ1) is 13.3. The fourth-order valence-corrected chi connectivity index (χ4v) is 3.02. The Morgan fingerprint density at radius 2 is 2.12 bits per heavy atom.